The summed E-state index contributed by atoms with van der Waals surface area (Å²) >= 11 is 0. The van der Waals surface area contributed by atoms with E-state index in [1.54, 1.807) is 56.0 Å². The Morgan fingerprint density at radius 2 is 1.97 bits per heavy atom. The molecule has 3 heterocycles. The van der Waals surface area contributed by atoms with Gasteiger partial charge in [0.05, 0.1) is 24.3 Å². The Balaban J connectivity index is 1.77. The number of rotatable bonds is 9. The largest absolute Gasteiger partial charge is 0.497 e. The van der Waals surface area contributed by atoms with Crippen LogP contribution in [0.5, 0.6) is 5.75 Å². The number of carbonyl (C=O) groups is 1. The zero-order chi connectivity index (χ0) is 25.0. The fourth-order valence-corrected chi connectivity index (χ4v) is 4.53. The van der Waals surface area contributed by atoms with Gasteiger partial charge in [0.25, 0.3) is 0 Å². The number of nitrogens with zero attached hydrogens (tertiary/aromatic N) is 4. The van der Waals surface area contributed by atoms with E-state index in [1.807, 2.05) is 16.7 Å². The molecule has 3 aromatic heterocycles. The Morgan fingerprint density at radius 1 is 1.14 bits per heavy atom. The van der Waals surface area contributed by atoms with Crippen molar-refractivity contribution in [1.82, 2.24) is 14.5 Å². The van der Waals surface area contributed by atoms with Crippen LogP contribution in [0.1, 0.15) is 21.6 Å². The molecule has 7 nitrogen and oxygen atoms in total. The highest BCUT2D eigenvalue weighted by Gasteiger charge is 2.20. The first-order chi connectivity index (χ1) is 16.8. The Morgan fingerprint density at radius 3 is 2.66 bits per heavy atom. The molecule has 0 saturated carbocycles. The third-order valence-corrected chi connectivity index (χ3v) is 7.45. The van der Waals surface area contributed by atoms with Crippen LogP contribution < -0.4 is 4.74 Å². The van der Waals surface area contributed by atoms with Crippen LogP contribution in [0.3, 0.4) is 0 Å². The van der Waals surface area contributed by atoms with Gasteiger partial charge in [-0.05, 0) is 42.4 Å². The quantitative estimate of drug-likeness (QED) is 0.176. The lowest BCUT2D eigenvalue weighted by atomic mass is 9.99. The van der Waals surface area contributed by atoms with Gasteiger partial charge in [0, 0.05) is 49.8 Å². The summed E-state index contributed by atoms with van der Waals surface area (Å²) in [7, 11) is 0.349. The fourth-order valence-electron chi connectivity index (χ4n) is 3.77. The predicted molar refractivity (Wildman–Crippen MR) is 138 cm³/mol. The third-order valence-electron chi connectivity index (χ3n) is 5.74. The van der Waals surface area contributed by atoms with E-state index in [0.717, 1.165) is 17.2 Å². The molecule has 0 aliphatic heterocycles. The molecule has 1 aromatic carbocycles. The van der Waals surface area contributed by atoms with Gasteiger partial charge in [-0.15, -0.1) is 0 Å². The summed E-state index contributed by atoms with van der Waals surface area (Å²) in [5.41, 5.74) is 3.43. The second-order valence-corrected chi connectivity index (χ2v) is 15.1. The van der Waals surface area contributed by atoms with Crippen molar-refractivity contribution in [2.75, 3.05) is 13.7 Å². The molecule has 0 spiro atoms. The molecule has 0 aliphatic carbocycles. The minimum atomic E-state index is -1.21. The monoisotopic (exact) mass is 484 g/mol. The van der Waals surface area contributed by atoms with Crippen molar-refractivity contribution in [2.24, 2.45) is 0 Å². The first kappa shape index (κ1) is 24.3. The SMILES string of the molecule is COc1ccc(-c2cnc3c(c2)c(C(=O)c2ccccn2)cn3COCC[Si](C)(C)C)c(C#N)c1. The molecule has 0 bridgehead atoms. The van der Waals surface area contributed by atoms with Crippen LogP contribution >= 0.6 is 0 Å². The Bertz CT molecular complexity index is 1400. The van der Waals surface area contributed by atoms with Gasteiger partial charge in [-0.25, -0.2) is 4.98 Å². The molecule has 8 heteroatoms. The number of methoxy groups -OCH3 is 1. The Labute approximate surface area is 206 Å². The predicted octanol–water partition coefficient (Wildman–Crippen LogP) is 5.52. The van der Waals surface area contributed by atoms with Gasteiger partial charge >= 0.3 is 0 Å². The van der Waals surface area contributed by atoms with Crippen LogP contribution in [0.15, 0.2) is 61.1 Å². The van der Waals surface area contributed by atoms with Crippen LogP contribution in [0.25, 0.3) is 22.2 Å². The standard InChI is InChI=1S/C27H28N4O3Si/c1-33-21-8-9-22(19(13-21)15-28)20-14-23-24(26(32)25-7-5-6-10-29-25)17-31(27(23)30-16-20)18-34-11-12-35(2,3)4/h5-10,13-14,16-17H,11-12,18H2,1-4H3. The van der Waals surface area contributed by atoms with Crippen LogP contribution in [-0.4, -0.2) is 42.1 Å². The number of ketones is 1. The molecule has 178 valence electrons. The number of nitriles is 1. The van der Waals surface area contributed by atoms with Gasteiger partial charge in [0.15, 0.2) is 0 Å². The summed E-state index contributed by atoms with van der Waals surface area (Å²) in [5.74, 6) is 0.414. The molecular weight excluding hydrogens is 456 g/mol. The molecule has 0 aliphatic rings. The van der Waals surface area contributed by atoms with Crippen molar-refractivity contribution in [1.29, 1.82) is 5.26 Å². The number of pyridine rings is 2. The number of hydrogen-bond acceptors (Lipinski definition) is 6. The van der Waals surface area contributed by atoms with E-state index in [2.05, 4.69) is 35.7 Å². The highest BCUT2D eigenvalue weighted by atomic mass is 28.3. The second-order valence-electron chi connectivity index (χ2n) is 9.52. The molecule has 0 amide bonds. The highest BCUT2D eigenvalue weighted by molar-refractivity contribution is 6.76. The average molecular weight is 485 g/mol. The van der Waals surface area contributed by atoms with Crippen molar-refractivity contribution in [3.05, 3.63) is 77.9 Å². The summed E-state index contributed by atoms with van der Waals surface area (Å²) in [6.45, 7) is 7.89. The lowest BCUT2D eigenvalue weighted by Crippen LogP contribution is -2.22. The van der Waals surface area contributed by atoms with Gasteiger partial charge in [-0.1, -0.05) is 25.7 Å². The number of aromatic nitrogens is 3. The van der Waals surface area contributed by atoms with Gasteiger partial charge < -0.3 is 14.0 Å². The zero-order valence-electron chi connectivity index (χ0n) is 20.4. The highest BCUT2D eigenvalue weighted by Crippen LogP contribution is 2.31. The van der Waals surface area contributed by atoms with Crippen molar-refractivity contribution >= 4 is 24.9 Å². The maximum atomic E-state index is 13.4. The van der Waals surface area contributed by atoms with Crippen molar-refractivity contribution in [2.45, 2.75) is 32.4 Å². The van der Waals surface area contributed by atoms with E-state index >= 15 is 0 Å². The van der Waals surface area contributed by atoms with Crippen LogP contribution in [-0.2, 0) is 11.5 Å². The molecule has 0 fully saturated rings. The number of hydrogen-bond donors (Lipinski definition) is 0. The summed E-state index contributed by atoms with van der Waals surface area (Å²) in [6.07, 6.45) is 5.11. The Hall–Kier alpha value is -3.80. The van der Waals surface area contributed by atoms with Gasteiger partial charge in [0.2, 0.25) is 5.78 Å². The molecule has 0 radical (unpaired) electrons. The van der Waals surface area contributed by atoms with Gasteiger partial charge in [0.1, 0.15) is 23.8 Å². The van der Waals surface area contributed by atoms with E-state index in [9.17, 15) is 10.1 Å². The number of ether oxygens (including phenoxy) is 2. The van der Waals surface area contributed by atoms with Gasteiger partial charge in [-0.2, -0.15) is 5.26 Å². The van der Waals surface area contributed by atoms with Gasteiger partial charge in [-0.3, -0.25) is 9.78 Å². The smallest absolute Gasteiger partial charge is 0.213 e. The summed E-state index contributed by atoms with van der Waals surface area (Å²) < 4.78 is 13.1. The summed E-state index contributed by atoms with van der Waals surface area (Å²) in [4.78, 5) is 22.3. The van der Waals surface area contributed by atoms with Crippen molar-refractivity contribution in [3.8, 4) is 22.9 Å². The molecule has 4 aromatic rings. The van der Waals surface area contributed by atoms with Crippen LogP contribution in [0.2, 0.25) is 25.7 Å². The van der Waals surface area contributed by atoms with Crippen molar-refractivity contribution in [3.63, 3.8) is 0 Å². The summed E-state index contributed by atoms with van der Waals surface area (Å²) in [5, 5.41) is 10.4. The van der Waals surface area contributed by atoms with E-state index in [1.165, 1.54) is 0 Å². The van der Waals surface area contributed by atoms with E-state index in [4.69, 9.17) is 9.47 Å². The lowest BCUT2D eigenvalue weighted by molar-refractivity contribution is 0.0896. The topological polar surface area (TPSA) is 90.0 Å². The van der Waals surface area contributed by atoms with Crippen LogP contribution in [0, 0.1) is 11.3 Å². The number of carbonyl (C=O) groups excluding carboxylic acids is 1. The van der Waals surface area contributed by atoms with E-state index < -0.39 is 8.07 Å². The summed E-state index contributed by atoms with van der Waals surface area (Å²) in [6, 6.07) is 15.8. The first-order valence-electron chi connectivity index (χ1n) is 11.4. The Kier molecular flexibility index (Phi) is 7.10. The fraction of sp³-hybridized carbons (Fsp3) is 0.259. The maximum absolute atomic E-state index is 13.4. The molecule has 0 saturated heterocycles. The van der Waals surface area contributed by atoms with E-state index in [0.29, 0.717) is 46.9 Å². The number of benzene rings is 1. The lowest BCUT2D eigenvalue weighted by Gasteiger charge is -2.15. The molecule has 0 unspecified atom stereocenters. The molecule has 35 heavy (non-hydrogen) atoms. The minimum Gasteiger partial charge on any atom is -0.497 e. The molecular formula is C27H28N4O3Si. The first-order valence-corrected chi connectivity index (χ1v) is 15.1. The second kappa shape index (κ2) is 10.2. The zero-order valence-corrected chi connectivity index (χ0v) is 21.4. The molecule has 0 atom stereocenters. The third kappa shape index (κ3) is 5.48. The van der Waals surface area contributed by atoms with E-state index in [-0.39, 0.29) is 5.78 Å². The van der Waals surface area contributed by atoms with Crippen molar-refractivity contribution < 1.29 is 14.3 Å². The number of fused-ring (bicyclic) bond motifs is 1. The minimum absolute atomic E-state index is 0.189. The molecule has 0 N–H and O–H groups in total. The van der Waals surface area contributed by atoms with Crippen LogP contribution in [0.4, 0.5) is 0 Å². The maximum Gasteiger partial charge on any atom is 0.213 e. The average Bonchev–Trinajstić information content (AvgIpc) is 3.23. The molecule has 4 rings (SSSR count). The normalized spacial score (nSPS) is 11.4.